The van der Waals surface area contributed by atoms with Crippen molar-refractivity contribution in [3.63, 3.8) is 0 Å². The van der Waals surface area contributed by atoms with E-state index in [0.29, 0.717) is 0 Å². The molecule has 2 nitrogen and oxygen atoms in total. The van der Waals surface area contributed by atoms with Crippen LogP contribution in [0.25, 0.3) is 21.8 Å². The Kier molecular flexibility index (Phi) is 2.41. The number of benzene rings is 2. The van der Waals surface area contributed by atoms with Crippen LogP contribution in [0.2, 0.25) is 0 Å². The SMILES string of the molecule is CSc1cccc2[nH]c3ccccc3c(=O)c12. The Hall–Kier alpha value is -1.74. The normalized spacial score (nSPS) is 11.1. The van der Waals surface area contributed by atoms with Gasteiger partial charge in [0, 0.05) is 15.8 Å². The molecule has 0 aliphatic rings. The van der Waals surface area contributed by atoms with Gasteiger partial charge in [-0.25, -0.2) is 0 Å². The van der Waals surface area contributed by atoms with Gasteiger partial charge in [0.1, 0.15) is 0 Å². The van der Waals surface area contributed by atoms with E-state index in [2.05, 4.69) is 4.98 Å². The third-order valence-corrected chi connectivity index (χ3v) is 3.69. The van der Waals surface area contributed by atoms with Crippen LogP contribution < -0.4 is 5.43 Å². The predicted molar refractivity (Wildman–Crippen MR) is 73.9 cm³/mol. The summed E-state index contributed by atoms with van der Waals surface area (Å²) in [5.41, 5.74) is 1.91. The Morgan fingerprint density at radius 3 is 2.59 bits per heavy atom. The summed E-state index contributed by atoms with van der Waals surface area (Å²) in [6.07, 6.45) is 1.99. The summed E-state index contributed by atoms with van der Waals surface area (Å²) >= 11 is 1.60. The number of thioether (sulfide) groups is 1. The minimum atomic E-state index is 0.110. The molecule has 0 aliphatic heterocycles. The summed E-state index contributed by atoms with van der Waals surface area (Å²) in [4.78, 5) is 16.8. The monoisotopic (exact) mass is 241 g/mol. The summed E-state index contributed by atoms with van der Waals surface area (Å²) in [5, 5.41) is 1.54. The van der Waals surface area contributed by atoms with E-state index in [1.54, 1.807) is 11.8 Å². The zero-order valence-corrected chi connectivity index (χ0v) is 10.2. The maximum absolute atomic E-state index is 12.4. The third kappa shape index (κ3) is 1.54. The van der Waals surface area contributed by atoms with E-state index in [-0.39, 0.29) is 5.43 Å². The molecule has 2 aromatic carbocycles. The van der Waals surface area contributed by atoms with Gasteiger partial charge < -0.3 is 4.98 Å². The van der Waals surface area contributed by atoms with Crippen LogP contribution in [0, 0.1) is 0 Å². The van der Waals surface area contributed by atoms with E-state index < -0.39 is 0 Å². The molecule has 1 heterocycles. The largest absolute Gasteiger partial charge is 0.354 e. The fourth-order valence-electron chi connectivity index (χ4n) is 2.11. The van der Waals surface area contributed by atoms with Gasteiger partial charge in [-0.2, -0.15) is 0 Å². The number of para-hydroxylation sites is 1. The van der Waals surface area contributed by atoms with Gasteiger partial charge in [0.05, 0.1) is 10.9 Å². The first kappa shape index (κ1) is 10.4. The number of hydrogen-bond donors (Lipinski definition) is 1. The lowest BCUT2D eigenvalue weighted by Crippen LogP contribution is -2.04. The molecule has 0 aliphatic carbocycles. The van der Waals surface area contributed by atoms with Crippen LogP contribution in [0.15, 0.2) is 52.2 Å². The quantitative estimate of drug-likeness (QED) is 0.523. The molecule has 84 valence electrons. The van der Waals surface area contributed by atoms with Crippen molar-refractivity contribution >= 4 is 33.6 Å². The van der Waals surface area contributed by atoms with E-state index in [0.717, 1.165) is 26.7 Å². The van der Waals surface area contributed by atoms with Crippen molar-refractivity contribution in [1.29, 1.82) is 0 Å². The van der Waals surface area contributed by atoms with E-state index in [1.165, 1.54) is 0 Å². The lowest BCUT2D eigenvalue weighted by molar-refractivity contribution is 1.43. The van der Waals surface area contributed by atoms with Crippen LogP contribution in [0.3, 0.4) is 0 Å². The number of hydrogen-bond acceptors (Lipinski definition) is 2. The van der Waals surface area contributed by atoms with Crippen molar-refractivity contribution in [2.24, 2.45) is 0 Å². The summed E-state index contributed by atoms with van der Waals surface area (Å²) in [6.45, 7) is 0. The number of fused-ring (bicyclic) bond motifs is 2. The number of pyridine rings is 1. The van der Waals surface area contributed by atoms with Crippen molar-refractivity contribution < 1.29 is 0 Å². The first-order valence-electron chi connectivity index (χ1n) is 5.39. The number of aromatic nitrogens is 1. The standard InChI is InChI=1S/C14H11NOS/c1-17-12-8-4-7-11-13(12)14(16)9-5-2-3-6-10(9)15-11/h2-8H,1H3,(H,15,16). The third-order valence-electron chi connectivity index (χ3n) is 2.91. The van der Waals surface area contributed by atoms with Crippen LogP contribution in [0.1, 0.15) is 0 Å². The number of rotatable bonds is 1. The van der Waals surface area contributed by atoms with Crippen LogP contribution in [0.5, 0.6) is 0 Å². The summed E-state index contributed by atoms with van der Waals surface area (Å²) in [6, 6.07) is 13.5. The van der Waals surface area contributed by atoms with Crippen LogP contribution in [-0.2, 0) is 0 Å². The average Bonchev–Trinajstić information content (AvgIpc) is 2.38. The molecule has 1 N–H and O–H groups in total. The molecule has 0 unspecified atom stereocenters. The van der Waals surface area contributed by atoms with Gasteiger partial charge in [0.15, 0.2) is 5.43 Å². The molecule has 0 amide bonds. The van der Waals surface area contributed by atoms with Gasteiger partial charge in [-0.3, -0.25) is 4.79 Å². The van der Waals surface area contributed by atoms with E-state index in [1.807, 2.05) is 48.7 Å². The van der Waals surface area contributed by atoms with Crippen molar-refractivity contribution in [3.8, 4) is 0 Å². The van der Waals surface area contributed by atoms with E-state index >= 15 is 0 Å². The molecule has 0 saturated heterocycles. The van der Waals surface area contributed by atoms with Gasteiger partial charge in [0.25, 0.3) is 0 Å². The molecule has 17 heavy (non-hydrogen) atoms. The molecule has 3 rings (SSSR count). The zero-order valence-electron chi connectivity index (χ0n) is 9.36. The maximum atomic E-state index is 12.4. The molecular weight excluding hydrogens is 230 g/mol. The second-order valence-corrected chi connectivity index (χ2v) is 4.73. The van der Waals surface area contributed by atoms with Gasteiger partial charge in [0.2, 0.25) is 0 Å². The van der Waals surface area contributed by atoms with Gasteiger partial charge in [-0.1, -0.05) is 18.2 Å². The highest BCUT2D eigenvalue weighted by Gasteiger charge is 2.07. The minimum Gasteiger partial charge on any atom is -0.354 e. The fraction of sp³-hybridized carbons (Fsp3) is 0.0714. The first-order chi connectivity index (χ1) is 8.31. The van der Waals surface area contributed by atoms with Crippen LogP contribution in [-0.4, -0.2) is 11.2 Å². The van der Waals surface area contributed by atoms with Crippen LogP contribution in [0.4, 0.5) is 0 Å². The summed E-state index contributed by atoms with van der Waals surface area (Å²) in [5.74, 6) is 0. The zero-order chi connectivity index (χ0) is 11.8. The Bertz CT molecular complexity index is 761. The molecule has 0 saturated carbocycles. The van der Waals surface area contributed by atoms with E-state index in [4.69, 9.17) is 0 Å². The first-order valence-corrected chi connectivity index (χ1v) is 6.61. The topological polar surface area (TPSA) is 32.9 Å². The molecule has 3 heteroatoms. The summed E-state index contributed by atoms with van der Waals surface area (Å²) < 4.78 is 0. The number of aromatic amines is 1. The van der Waals surface area contributed by atoms with E-state index in [9.17, 15) is 4.79 Å². The Labute approximate surface area is 103 Å². The molecule has 0 atom stereocenters. The van der Waals surface area contributed by atoms with Gasteiger partial charge in [-0.15, -0.1) is 11.8 Å². The molecular formula is C14H11NOS. The molecule has 0 bridgehead atoms. The highest BCUT2D eigenvalue weighted by atomic mass is 32.2. The van der Waals surface area contributed by atoms with Gasteiger partial charge >= 0.3 is 0 Å². The number of H-pyrrole nitrogens is 1. The van der Waals surface area contributed by atoms with Crippen molar-refractivity contribution in [1.82, 2.24) is 4.98 Å². The Balaban J connectivity index is 2.60. The van der Waals surface area contributed by atoms with Crippen molar-refractivity contribution in [3.05, 3.63) is 52.7 Å². The maximum Gasteiger partial charge on any atom is 0.198 e. The smallest absolute Gasteiger partial charge is 0.198 e. The molecule has 0 spiro atoms. The average molecular weight is 241 g/mol. The van der Waals surface area contributed by atoms with Gasteiger partial charge in [-0.05, 0) is 30.5 Å². The minimum absolute atomic E-state index is 0.110. The lowest BCUT2D eigenvalue weighted by atomic mass is 10.1. The predicted octanol–water partition coefficient (Wildman–Crippen LogP) is 3.40. The highest BCUT2D eigenvalue weighted by molar-refractivity contribution is 7.98. The van der Waals surface area contributed by atoms with Crippen molar-refractivity contribution in [2.75, 3.05) is 6.26 Å². The molecule has 0 radical (unpaired) electrons. The lowest BCUT2D eigenvalue weighted by Gasteiger charge is -2.05. The molecule has 1 aromatic heterocycles. The molecule has 0 fully saturated rings. The Morgan fingerprint density at radius 2 is 1.76 bits per heavy atom. The second kappa shape index (κ2) is 3.93. The Morgan fingerprint density at radius 1 is 1.00 bits per heavy atom. The highest BCUT2D eigenvalue weighted by Crippen LogP contribution is 2.24. The second-order valence-electron chi connectivity index (χ2n) is 3.88. The van der Waals surface area contributed by atoms with Crippen molar-refractivity contribution in [2.45, 2.75) is 4.90 Å². The fourth-order valence-corrected chi connectivity index (χ4v) is 2.73. The molecule has 3 aromatic rings. The summed E-state index contributed by atoms with van der Waals surface area (Å²) in [7, 11) is 0. The van der Waals surface area contributed by atoms with Crippen LogP contribution >= 0.6 is 11.8 Å². The number of nitrogens with one attached hydrogen (secondary N) is 1.